The van der Waals surface area contributed by atoms with Crippen LogP contribution in [0, 0.1) is 6.92 Å². The number of aliphatic hydroxyl groups excluding tert-OH is 1. The first kappa shape index (κ1) is 9.56. The second-order valence-electron chi connectivity index (χ2n) is 3.20. The summed E-state index contributed by atoms with van der Waals surface area (Å²) in [6, 6.07) is 1.73. The average molecular weight is 188 g/mol. The summed E-state index contributed by atoms with van der Waals surface area (Å²) < 4.78 is 16.7. The highest BCUT2D eigenvalue weighted by molar-refractivity contribution is 7.69. The Morgan fingerprint density at radius 1 is 1.58 bits per heavy atom. The Morgan fingerprint density at radius 2 is 2.17 bits per heavy atom. The zero-order valence-electron chi connectivity index (χ0n) is 7.50. The predicted octanol–water partition coefficient (Wildman–Crippen LogP) is 1.33. The van der Waals surface area contributed by atoms with Gasteiger partial charge in [0, 0.05) is 0 Å². The minimum Gasteiger partial charge on any atom is -0.455 e. The quantitative estimate of drug-likeness (QED) is 0.712. The van der Waals surface area contributed by atoms with Crippen LogP contribution >= 0.6 is 7.14 Å². The Hall–Kier alpha value is -0.530. The summed E-state index contributed by atoms with van der Waals surface area (Å²) in [5.41, 5.74) is 1.35. The molecule has 0 spiro atoms. The molecule has 68 valence electrons. The summed E-state index contributed by atoms with van der Waals surface area (Å²) in [7, 11) is -2.32. The molecule has 1 N–H and O–H groups in total. The predicted molar refractivity (Wildman–Crippen MR) is 48.5 cm³/mol. The first-order chi connectivity index (χ1) is 5.45. The normalized spacial score (nSPS) is 12.0. The van der Waals surface area contributed by atoms with Gasteiger partial charge in [0.15, 0.2) is 5.50 Å². The van der Waals surface area contributed by atoms with Crippen LogP contribution in [0.15, 0.2) is 10.5 Å². The zero-order valence-corrected chi connectivity index (χ0v) is 8.39. The van der Waals surface area contributed by atoms with E-state index < -0.39 is 7.14 Å². The highest BCUT2D eigenvalue weighted by Crippen LogP contribution is 2.35. The third-order valence-electron chi connectivity index (χ3n) is 1.68. The lowest BCUT2D eigenvalue weighted by Crippen LogP contribution is -1.97. The van der Waals surface area contributed by atoms with Gasteiger partial charge in [-0.3, -0.25) is 0 Å². The van der Waals surface area contributed by atoms with Crippen LogP contribution in [-0.4, -0.2) is 18.4 Å². The van der Waals surface area contributed by atoms with Crippen molar-refractivity contribution in [2.75, 3.05) is 13.3 Å². The van der Waals surface area contributed by atoms with Gasteiger partial charge in [-0.25, -0.2) is 0 Å². The molecular weight excluding hydrogens is 175 g/mol. The Labute approximate surface area is 71.8 Å². The van der Waals surface area contributed by atoms with E-state index in [0.717, 1.165) is 5.56 Å². The number of hydrogen-bond donors (Lipinski definition) is 1. The summed E-state index contributed by atoms with van der Waals surface area (Å²) in [5.74, 6) is 0.508. The monoisotopic (exact) mass is 188 g/mol. The van der Waals surface area contributed by atoms with E-state index in [2.05, 4.69) is 0 Å². The molecule has 1 heterocycles. The Balaban J connectivity index is 3.14. The van der Waals surface area contributed by atoms with Crippen LogP contribution in [0.5, 0.6) is 0 Å². The third-order valence-corrected chi connectivity index (χ3v) is 2.96. The van der Waals surface area contributed by atoms with E-state index in [1.807, 2.05) is 6.92 Å². The molecule has 0 atom stereocenters. The molecule has 0 amide bonds. The van der Waals surface area contributed by atoms with E-state index >= 15 is 0 Å². The van der Waals surface area contributed by atoms with Crippen molar-refractivity contribution in [1.82, 2.24) is 0 Å². The van der Waals surface area contributed by atoms with Gasteiger partial charge in [-0.05, 0) is 31.9 Å². The molecule has 12 heavy (non-hydrogen) atoms. The Bertz CT molecular complexity index is 321. The van der Waals surface area contributed by atoms with E-state index in [-0.39, 0.29) is 6.61 Å². The SMILES string of the molecule is Cc1cc(P(C)(C)=O)oc1CO. The Kier molecular flexibility index (Phi) is 2.45. The van der Waals surface area contributed by atoms with Crippen LogP contribution < -0.4 is 5.50 Å². The number of aliphatic hydroxyl groups is 1. The topological polar surface area (TPSA) is 50.4 Å². The first-order valence-electron chi connectivity index (χ1n) is 3.71. The maximum absolute atomic E-state index is 11.5. The van der Waals surface area contributed by atoms with E-state index in [0.29, 0.717) is 11.3 Å². The fourth-order valence-electron chi connectivity index (χ4n) is 0.924. The van der Waals surface area contributed by atoms with Gasteiger partial charge in [0.2, 0.25) is 0 Å². The summed E-state index contributed by atoms with van der Waals surface area (Å²) in [6.45, 7) is 4.99. The molecule has 3 nitrogen and oxygen atoms in total. The van der Waals surface area contributed by atoms with Crippen molar-refractivity contribution in [3.05, 3.63) is 17.4 Å². The van der Waals surface area contributed by atoms with Gasteiger partial charge >= 0.3 is 0 Å². The van der Waals surface area contributed by atoms with Crippen molar-refractivity contribution >= 4 is 12.6 Å². The second kappa shape index (κ2) is 3.08. The van der Waals surface area contributed by atoms with Gasteiger partial charge in [0.05, 0.1) is 0 Å². The average Bonchev–Trinajstić information content (AvgIpc) is 2.29. The number of furan rings is 1. The number of hydrogen-bond acceptors (Lipinski definition) is 3. The highest BCUT2D eigenvalue weighted by atomic mass is 31.2. The molecule has 1 rings (SSSR count). The molecule has 0 bridgehead atoms. The van der Waals surface area contributed by atoms with Crippen molar-refractivity contribution in [2.24, 2.45) is 0 Å². The maximum atomic E-state index is 11.5. The molecule has 1 aromatic heterocycles. The lowest BCUT2D eigenvalue weighted by atomic mass is 10.3. The molecule has 0 aliphatic carbocycles. The van der Waals surface area contributed by atoms with Crippen LogP contribution in [-0.2, 0) is 11.2 Å². The summed E-state index contributed by atoms with van der Waals surface area (Å²) >= 11 is 0. The van der Waals surface area contributed by atoms with Crippen LogP contribution in [0.2, 0.25) is 0 Å². The molecular formula is C8H13O3P. The van der Waals surface area contributed by atoms with Gasteiger partial charge < -0.3 is 14.1 Å². The molecule has 0 fully saturated rings. The molecule has 0 radical (unpaired) electrons. The molecule has 0 aromatic carbocycles. The standard InChI is InChI=1S/C8H13O3P/c1-6-4-8(12(2,3)10)11-7(6)5-9/h4,9H,5H2,1-3H3. The van der Waals surface area contributed by atoms with E-state index in [9.17, 15) is 4.57 Å². The largest absolute Gasteiger partial charge is 0.455 e. The molecule has 0 saturated heterocycles. The zero-order chi connectivity index (χ0) is 9.35. The van der Waals surface area contributed by atoms with E-state index in [1.165, 1.54) is 0 Å². The molecule has 1 aromatic rings. The van der Waals surface area contributed by atoms with Crippen LogP contribution in [0.25, 0.3) is 0 Å². The molecule has 0 unspecified atom stereocenters. The molecule has 0 aliphatic heterocycles. The first-order valence-corrected chi connectivity index (χ1v) is 6.31. The van der Waals surface area contributed by atoms with Crippen LogP contribution in [0.4, 0.5) is 0 Å². The summed E-state index contributed by atoms with van der Waals surface area (Å²) in [5, 5.41) is 8.81. The minimum atomic E-state index is -2.32. The van der Waals surface area contributed by atoms with Crippen LogP contribution in [0.1, 0.15) is 11.3 Å². The number of aryl methyl sites for hydroxylation is 1. The lowest BCUT2D eigenvalue weighted by Gasteiger charge is -1.99. The smallest absolute Gasteiger partial charge is 0.162 e. The van der Waals surface area contributed by atoms with Gasteiger partial charge in [0.25, 0.3) is 0 Å². The number of rotatable bonds is 2. The third kappa shape index (κ3) is 1.79. The molecule has 4 heteroatoms. The van der Waals surface area contributed by atoms with Crippen molar-refractivity contribution in [2.45, 2.75) is 13.5 Å². The fourth-order valence-corrected chi connectivity index (χ4v) is 1.76. The van der Waals surface area contributed by atoms with Crippen molar-refractivity contribution in [3.63, 3.8) is 0 Å². The van der Waals surface area contributed by atoms with E-state index in [1.54, 1.807) is 19.4 Å². The second-order valence-corrected chi connectivity index (χ2v) is 6.34. The summed E-state index contributed by atoms with van der Waals surface area (Å²) in [6.07, 6.45) is 0. The van der Waals surface area contributed by atoms with Crippen molar-refractivity contribution < 1.29 is 14.1 Å². The van der Waals surface area contributed by atoms with E-state index in [4.69, 9.17) is 9.52 Å². The minimum absolute atomic E-state index is 0.133. The lowest BCUT2D eigenvalue weighted by molar-refractivity contribution is 0.249. The van der Waals surface area contributed by atoms with Crippen molar-refractivity contribution in [1.29, 1.82) is 0 Å². The van der Waals surface area contributed by atoms with Gasteiger partial charge in [-0.1, -0.05) is 0 Å². The highest BCUT2D eigenvalue weighted by Gasteiger charge is 2.17. The van der Waals surface area contributed by atoms with Gasteiger partial charge in [0.1, 0.15) is 19.5 Å². The van der Waals surface area contributed by atoms with Gasteiger partial charge in [-0.2, -0.15) is 0 Å². The summed E-state index contributed by atoms with van der Waals surface area (Å²) in [4.78, 5) is 0. The molecule has 0 saturated carbocycles. The van der Waals surface area contributed by atoms with Crippen LogP contribution in [0.3, 0.4) is 0 Å². The fraction of sp³-hybridized carbons (Fsp3) is 0.500. The van der Waals surface area contributed by atoms with Crippen molar-refractivity contribution in [3.8, 4) is 0 Å². The maximum Gasteiger partial charge on any atom is 0.162 e. The molecule has 0 aliphatic rings. The Morgan fingerprint density at radius 3 is 2.42 bits per heavy atom. The van der Waals surface area contributed by atoms with Gasteiger partial charge in [-0.15, -0.1) is 0 Å².